The predicted molar refractivity (Wildman–Crippen MR) is 87.8 cm³/mol. The lowest BCUT2D eigenvalue weighted by molar-refractivity contribution is -0.132. The summed E-state index contributed by atoms with van der Waals surface area (Å²) in [6.45, 7) is 4.49. The Morgan fingerprint density at radius 3 is 2.39 bits per heavy atom. The molecule has 0 atom stereocenters. The molecule has 7 nitrogen and oxygen atoms in total. The molecule has 1 aliphatic heterocycles. The molecule has 0 unspecified atom stereocenters. The number of aromatic nitrogens is 1. The summed E-state index contributed by atoms with van der Waals surface area (Å²) in [4.78, 5) is 22.7. The third-order valence-electron chi connectivity index (χ3n) is 3.76. The summed E-state index contributed by atoms with van der Waals surface area (Å²) in [7, 11) is 0. The van der Waals surface area contributed by atoms with Crippen molar-refractivity contribution in [2.24, 2.45) is 0 Å². The molecule has 2 rings (SSSR count). The van der Waals surface area contributed by atoms with E-state index in [1.54, 1.807) is 22.4 Å². The van der Waals surface area contributed by atoms with E-state index in [1.807, 2.05) is 5.38 Å². The Morgan fingerprint density at radius 2 is 1.87 bits per heavy atom. The van der Waals surface area contributed by atoms with E-state index in [4.69, 9.17) is 10.5 Å². The molecule has 1 aliphatic rings. The number of carbonyl (C=O) groups excluding carboxylic acids is 1. The summed E-state index contributed by atoms with van der Waals surface area (Å²) >= 11 is 1.63. The molecule has 0 bridgehead atoms. The number of piperazine rings is 1. The Morgan fingerprint density at radius 1 is 1.22 bits per heavy atom. The third-order valence-corrected chi connectivity index (χ3v) is 4.59. The first-order valence-electron chi connectivity index (χ1n) is 7.63. The fraction of sp³-hybridized carbons (Fsp3) is 0.600. The van der Waals surface area contributed by atoms with Crippen LogP contribution in [0.15, 0.2) is 11.6 Å². The Bertz CT molecular complexity index is 550. The van der Waals surface area contributed by atoms with Crippen molar-refractivity contribution < 1.29 is 4.79 Å². The number of hydrogen-bond donors (Lipinski definition) is 0. The smallest absolute Gasteiger partial charge is 0.236 e. The highest BCUT2D eigenvalue weighted by molar-refractivity contribution is 7.13. The summed E-state index contributed by atoms with van der Waals surface area (Å²) < 4.78 is 0. The molecular formula is C15H20N6OS. The molecule has 2 heterocycles. The average molecular weight is 332 g/mol. The number of rotatable bonds is 7. The van der Waals surface area contributed by atoms with Gasteiger partial charge in [0.15, 0.2) is 5.13 Å². The fourth-order valence-corrected chi connectivity index (χ4v) is 3.19. The van der Waals surface area contributed by atoms with Gasteiger partial charge in [0, 0.05) is 50.8 Å². The van der Waals surface area contributed by atoms with Gasteiger partial charge in [-0.2, -0.15) is 10.5 Å². The van der Waals surface area contributed by atoms with Gasteiger partial charge in [-0.05, 0) is 0 Å². The minimum absolute atomic E-state index is 0.00167. The Hall–Kier alpha value is -2.16. The summed E-state index contributed by atoms with van der Waals surface area (Å²) in [6.07, 6.45) is 2.40. The van der Waals surface area contributed by atoms with Gasteiger partial charge in [0.2, 0.25) is 5.91 Å². The maximum absolute atomic E-state index is 12.4. The second kappa shape index (κ2) is 9.09. The van der Waals surface area contributed by atoms with Crippen molar-refractivity contribution in [1.82, 2.24) is 14.8 Å². The average Bonchev–Trinajstić information content (AvgIpc) is 3.10. The van der Waals surface area contributed by atoms with Crippen LogP contribution < -0.4 is 4.90 Å². The van der Waals surface area contributed by atoms with Crippen molar-refractivity contribution >= 4 is 22.4 Å². The van der Waals surface area contributed by atoms with Crippen LogP contribution in [0.2, 0.25) is 0 Å². The van der Waals surface area contributed by atoms with Crippen LogP contribution >= 0.6 is 11.3 Å². The molecule has 23 heavy (non-hydrogen) atoms. The summed E-state index contributed by atoms with van der Waals surface area (Å²) in [5.41, 5.74) is 0. The second-order valence-corrected chi connectivity index (χ2v) is 6.15. The molecule has 0 saturated carbocycles. The van der Waals surface area contributed by atoms with Crippen LogP contribution in [-0.2, 0) is 4.79 Å². The number of nitriles is 2. The number of anilines is 1. The molecule has 0 aliphatic carbocycles. The van der Waals surface area contributed by atoms with E-state index in [-0.39, 0.29) is 5.91 Å². The summed E-state index contributed by atoms with van der Waals surface area (Å²) in [5, 5.41) is 20.4. The van der Waals surface area contributed by atoms with Crippen molar-refractivity contribution in [3.8, 4) is 12.1 Å². The molecule has 8 heteroatoms. The monoisotopic (exact) mass is 332 g/mol. The summed E-state index contributed by atoms with van der Waals surface area (Å²) in [6, 6.07) is 4.10. The van der Waals surface area contributed by atoms with Crippen LogP contribution in [-0.4, -0.2) is 66.5 Å². The van der Waals surface area contributed by atoms with E-state index in [0.717, 1.165) is 31.3 Å². The van der Waals surface area contributed by atoms with Crippen LogP contribution in [0, 0.1) is 22.7 Å². The SMILES string of the molecule is N#CCCN(CCC#N)C(=O)CN1CCN(c2nccs2)CC1. The minimum Gasteiger partial charge on any atom is -0.346 e. The molecule has 0 spiro atoms. The van der Waals surface area contributed by atoms with Gasteiger partial charge in [-0.15, -0.1) is 11.3 Å². The van der Waals surface area contributed by atoms with Gasteiger partial charge in [0.05, 0.1) is 31.5 Å². The molecule has 1 fully saturated rings. The maximum atomic E-state index is 12.4. The standard InChI is InChI=1S/C15H20N6OS/c16-3-1-6-20(7-2-4-17)14(22)13-19-8-10-21(11-9-19)15-18-5-12-23-15/h5,12H,1-2,6-11,13H2. The van der Waals surface area contributed by atoms with E-state index in [9.17, 15) is 4.79 Å². The van der Waals surface area contributed by atoms with Gasteiger partial charge in [-0.25, -0.2) is 4.98 Å². The number of nitrogens with zero attached hydrogens (tertiary/aromatic N) is 6. The molecule has 1 aromatic rings. The van der Waals surface area contributed by atoms with E-state index >= 15 is 0 Å². The Labute approximate surface area is 140 Å². The van der Waals surface area contributed by atoms with E-state index < -0.39 is 0 Å². The Kier molecular flexibility index (Phi) is 6.79. The lowest BCUT2D eigenvalue weighted by Crippen LogP contribution is -2.50. The molecule has 1 amide bonds. The first-order valence-corrected chi connectivity index (χ1v) is 8.51. The Balaban J connectivity index is 1.80. The zero-order chi connectivity index (χ0) is 16.5. The van der Waals surface area contributed by atoms with Crippen LogP contribution in [0.1, 0.15) is 12.8 Å². The van der Waals surface area contributed by atoms with Crippen LogP contribution in [0.25, 0.3) is 0 Å². The minimum atomic E-state index is -0.00167. The van der Waals surface area contributed by atoms with Crippen LogP contribution in [0.4, 0.5) is 5.13 Å². The van der Waals surface area contributed by atoms with Crippen molar-refractivity contribution in [2.75, 3.05) is 50.7 Å². The van der Waals surface area contributed by atoms with Crippen molar-refractivity contribution in [3.05, 3.63) is 11.6 Å². The van der Waals surface area contributed by atoms with Gasteiger partial charge in [-0.3, -0.25) is 9.69 Å². The van der Waals surface area contributed by atoms with E-state index in [1.165, 1.54) is 0 Å². The van der Waals surface area contributed by atoms with Gasteiger partial charge in [-0.1, -0.05) is 0 Å². The zero-order valence-electron chi connectivity index (χ0n) is 13.0. The normalized spacial score (nSPS) is 15.0. The first-order chi connectivity index (χ1) is 11.2. The van der Waals surface area contributed by atoms with Gasteiger partial charge >= 0.3 is 0 Å². The maximum Gasteiger partial charge on any atom is 0.236 e. The zero-order valence-corrected chi connectivity index (χ0v) is 13.8. The molecule has 0 N–H and O–H groups in total. The quantitative estimate of drug-likeness (QED) is 0.738. The highest BCUT2D eigenvalue weighted by Crippen LogP contribution is 2.18. The highest BCUT2D eigenvalue weighted by Gasteiger charge is 2.22. The number of amides is 1. The largest absolute Gasteiger partial charge is 0.346 e. The second-order valence-electron chi connectivity index (χ2n) is 5.27. The van der Waals surface area contributed by atoms with Gasteiger partial charge in [0.25, 0.3) is 0 Å². The molecule has 122 valence electrons. The first kappa shape index (κ1) is 17.2. The lowest BCUT2D eigenvalue weighted by Gasteiger charge is -2.35. The molecule has 0 radical (unpaired) electrons. The van der Waals surface area contributed by atoms with E-state index in [2.05, 4.69) is 26.9 Å². The van der Waals surface area contributed by atoms with E-state index in [0.29, 0.717) is 32.5 Å². The van der Waals surface area contributed by atoms with Crippen molar-refractivity contribution in [2.45, 2.75) is 12.8 Å². The molecule has 1 saturated heterocycles. The van der Waals surface area contributed by atoms with Gasteiger partial charge in [0.1, 0.15) is 0 Å². The molecule has 1 aromatic heterocycles. The number of hydrogen-bond acceptors (Lipinski definition) is 7. The summed E-state index contributed by atoms with van der Waals surface area (Å²) in [5.74, 6) is -0.00167. The van der Waals surface area contributed by atoms with Gasteiger partial charge < -0.3 is 9.80 Å². The van der Waals surface area contributed by atoms with Crippen molar-refractivity contribution in [3.63, 3.8) is 0 Å². The topological polar surface area (TPSA) is 87.3 Å². The van der Waals surface area contributed by atoms with Crippen LogP contribution in [0.5, 0.6) is 0 Å². The number of carbonyl (C=O) groups is 1. The van der Waals surface area contributed by atoms with Crippen LogP contribution in [0.3, 0.4) is 0 Å². The predicted octanol–water partition coefficient (Wildman–Crippen LogP) is 0.921. The number of thiazole rings is 1. The fourth-order valence-electron chi connectivity index (χ4n) is 2.49. The highest BCUT2D eigenvalue weighted by atomic mass is 32.1. The molecular weight excluding hydrogens is 312 g/mol. The lowest BCUT2D eigenvalue weighted by atomic mass is 10.3. The molecule has 0 aromatic carbocycles. The third kappa shape index (κ3) is 5.20. The van der Waals surface area contributed by atoms with Crippen molar-refractivity contribution in [1.29, 1.82) is 10.5 Å².